The highest BCUT2D eigenvalue weighted by Crippen LogP contribution is 2.41. The first kappa shape index (κ1) is 13.9. The third kappa shape index (κ3) is 2.36. The van der Waals surface area contributed by atoms with Crippen molar-refractivity contribution in [3.8, 4) is 17.2 Å². The Kier molecular flexibility index (Phi) is 3.30. The summed E-state index contributed by atoms with van der Waals surface area (Å²) in [5.74, 6) is 2.00. The van der Waals surface area contributed by atoms with Crippen molar-refractivity contribution in [2.75, 3.05) is 20.3 Å². The summed E-state index contributed by atoms with van der Waals surface area (Å²) in [7, 11) is 1.60. The van der Waals surface area contributed by atoms with E-state index in [2.05, 4.69) is 0 Å². The van der Waals surface area contributed by atoms with Gasteiger partial charge in [0.25, 0.3) is 0 Å². The molecule has 116 valence electrons. The van der Waals surface area contributed by atoms with Crippen LogP contribution < -0.4 is 14.2 Å². The number of carbonyl (C=O) groups is 1. The maximum absolute atomic E-state index is 12.5. The van der Waals surface area contributed by atoms with E-state index in [1.54, 1.807) is 7.11 Å². The zero-order chi connectivity index (χ0) is 15.8. The molecule has 1 heterocycles. The molecule has 2 aromatic carbocycles. The van der Waals surface area contributed by atoms with Crippen molar-refractivity contribution in [3.05, 3.63) is 58.7 Å². The summed E-state index contributed by atoms with van der Waals surface area (Å²) in [6.45, 7) is 1.03. The molecule has 23 heavy (non-hydrogen) atoms. The van der Waals surface area contributed by atoms with E-state index in [0.717, 1.165) is 22.3 Å². The molecule has 1 aliphatic heterocycles. The van der Waals surface area contributed by atoms with Crippen molar-refractivity contribution >= 4 is 11.9 Å². The van der Waals surface area contributed by atoms with Gasteiger partial charge >= 0.3 is 0 Å². The van der Waals surface area contributed by atoms with Crippen molar-refractivity contribution < 1.29 is 19.0 Å². The minimum atomic E-state index is 0.0921. The quantitative estimate of drug-likeness (QED) is 0.799. The molecule has 4 nitrogen and oxygen atoms in total. The van der Waals surface area contributed by atoms with Gasteiger partial charge in [-0.25, -0.2) is 0 Å². The predicted molar refractivity (Wildman–Crippen MR) is 86.4 cm³/mol. The van der Waals surface area contributed by atoms with E-state index >= 15 is 0 Å². The van der Waals surface area contributed by atoms with Gasteiger partial charge < -0.3 is 14.2 Å². The molecule has 0 amide bonds. The highest BCUT2D eigenvalue weighted by molar-refractivity contribution is 6.15. The van der Waals surface area contributed by atoms with Crippen LogP contribution in [0.5, 0.6) is 17.2 Å². The molecule has 4 rings (SSSR count). The largest absolute Gasteiger partial charge is 0.493 e. The van der Waals surface area contributed by atoms with Gasteiger partial charge in [-0.3, -0.25) is 4.79 Å². The molecular weight excluding hydrogens is 292 g/mol. The Bertz CT molecular complexity index is 803. The molecule has 0 radical (unpaired) electrons. The number of rotatable bonds is 2. The van der Waals surface area contributed by atoms with Crippen LogP contribution in [0.4, 0.5) is 0 Å². The van der Waals surface area contributed by atoms with Crippen molar-refractivity contribution in [1.82, 2.24) is 0 Å². The average Bonchev–Trinajstić information content (AvgIpc) is 2.90. The molecule has 0 atom stereocenters. The van der Waals surface area contributed by atoms with Gasteiger partial charge in [-0.05, 0) is 29.3 Å². The first-order valence-corrected chi connectivity index (χ1v) is 7.57. The van der Waals surface area contributed by atoms with Crippen LogP contribution >= 0.6 is 0 Å². The number of ketones is 1. The van der Waals surface area contributed by atoms with E-state index in [9.17, 15) is 4.79 Å². The number of methoxy groups -OCH3 is 1. The molecule has 0 unspecified atom stereocenters. The third-order valence-electron chi connectivity index (χ3n) is 4.13. The Morgan fingerprint density at radius 2 is 1.96 bits per heavy atom. The summed E-state index contributed by atoms with van der Waals surface area (Å²) in [6, 6.07) is 11.5. The number of benzene rings is 2. The van der Waals surface area contributed by atoms with Crippen molar-refractivity contribution in [2.24, 2.45) is 0 Å². The van der Waals surface area contributed by atoms with E-state index in [4.69, 9.17) is 14.2 Å². The van der Waals surface area contributed by atoms with Crippen LogP contribution in [0.3, 0.4) is 0 Å². The zero-order valence-electron chi connectivity index (χ0n) is 12.8. The number of hydrogen-bond donors (Lipinski definition) is 0. The van der Waals surface area contributed by atoms with E-state index in [1.807, 2.05) is 42.5 Å². The van der Waals surface area contributed by atoms with Crippen LogP contribution in [0.1, 0.15) is 21.5 Å². The van der Waals surface area contributed by atoms with E-state index in [-0.39, 0.29) is 5.78 Å². The Morgan fingerprint density at radius 3 is 2.78 bits per heavy atom. The van der Waals surface area contributed by atoms with Crippen molar-refractivity contribution in [1.29, 1.82) is 0 Å². The fourth-order valence-electron chi connectivity index (χ4n) is 3.05. The lowest BCUT2D eigenvalue weighted by atomic mass is 10.1. The standard InChI is InChI=1S/C19H16O4/c1-21-16-9-12(10-17-19(16)23-7-6-22-17)8-14-11-13-4-2-3-5-15(13)18(14)20/h2-5,8-10H,6-7,11H2,1H3/b14-8+. The van der Waals surface area contributed by atoms with Crippen LogP contribution in [0.15, 0.2) is 42.0 Å². The minimum Gasteiger partial charge on any atom is -0.493 e. The number of allylic oxidation sites excluding steroid dienone is 1. The van der Waals surface area contributed by atoms with Crippen molar-refractivity contribution in [3.63, 3.8) is 0 Å². The fourth-order valence-corrected chi connectivity index (χ4v) is 3.05. The molecule has 2 aromatic rings. The molecule has 4 heteroatoms. The van der Waals surface area contributed by atoms with Crippen LogP contribution in [-0.2, 0) is 6.42 Å². The van der Waals surface area contributed by atoms with Crippen molar-refractivity contribution in [2.45, 2.75) is 6.42 Å². The lowest BCUT2D eigenvalue weighted by molar-refractivity contribution is 0.104. The highest BCUT2D eigenvalue weighted by Gasteiger charge is 2.25. The first-order valence-electron chi connectivity index (χ1n) is 7.57. The lowest BCUT2D eigenvalue weighted by Crippen LogP contribution is -2.16. The van der Waals surface area contributed by atoms with Gasteiger partial charge in [0.15, 0.2) is 17.3 Å². The van der Waals surface area contributed by atoms with E-state index < -0.39 is 0 Å². The van der Waals surface area contributed by atoms with Gasteiger partial charge in [-0.1, -0.05) is 24.3 Å². The second-order valence-electron chi connectivity index (χ2n) is 5.58. The molecule has 0 aromatic heterocycles. The maximum Gasteiger partial charge on any atom is 0.203 e. The molecular formula is C19H16O4. The van der Waals surface area contributed by atoms with Gasteiger partial charge in [0.1, 0.15) is 13.2 Å². The number of hydrogen-bond acceptors (Lipinski definition) is 4. The molecule has 2 aliphatic rings. The molecule has 0 bridgehead atoms. The monoisotopic (exact) mass is 308 g/mol. The summed E-state index contributed by atoms with van der Waals surface area (Å²) >= 11 is 0. The Balaban J connectivity index is 1.74. The lowest BCUT2D eigenvalue weighted by Gasteiger charge is -2.21. The number of carbonyl (C=O) groups excluding carboxylic acids is 1. The number of Topliss-reactive ketones (excluding diaryl/α,β-unsaturated/α-hetero) is 1. The van der Waals surface area contributed by atoms with Crippen LogP contribution in [0, 0.1) is 0 Å². The minimum absolute atomic E-state index is 0.0921. The molecule has 0 N–H and O–H groups in total. The second-order valence-corrected chi connectivity index (χ2v) is 5.58. The normalized spacial score (nSPS) is 17.3. The first-order chi connectivity index (χ1) is 11.3. The Hall–Kier alpha value is -2.75. The highest BCUT2D eigenvalue weighted by atomic mass is 16.6. The summed E-state index contributed by atoms with van der Waals surface area (Å²) in [6.07, 6.45) is 2.56. The van der Waals surface area contributed by atoms with Gasteiger partial charge in [0.05, 0.1) is 7.11 Å². The molecule has 0 saturated heterocycles. The molecule has 1 aliphatic carbocycles. The smallest absolute Gasteiger partial charge is 0.203 e. The average molecular weight is 308 g/mol. The van der Waals surface area contributed by atoms with Crippen LogP contribution in [0.2, 0.25) is 0 Å². The fraction of sp³-hybridized carbons (Fsp3) is 0.211. The topological polar surface area (TPSA) is 44.8 Å². The molecule has 0 saturated carbocycles. The molecule has 0 fully saturated rings. The van der Waals surface area contributed by atoms with E-state index in [0.29, 0.717) is 36.9 Å². The van der Waals surface area contributed by atoms with Crippen LogP contribution in [0.25, 0.3) is 6.08 Å². The second kappa shape index (κ2) is 5.47. The van der Waals surface area contributed by atoms with Gasteiger partial charge in [-0.15, -0.1) is 0 Å². The molecule has 0 spiro atoms. The number of ether oxygens (including phenoxy) is 3. The zero-order valence-corrected chi connectivity index (χ0v) is 12.8. The van der Waals surface area contributed by atoms with Gasteiger partial charge in [0, 0.05) is 17.6 Å². The predicted octanol–water partition coefficient (Wildman–Crippen LogP) is 3.29. The Labute approximate surface area is 134 Å². The summed E-state index contributed by atoms with van der Waals surface area (Å²) in [4.78, 5) is 12.5. The summed E-state index contributed by atoms with van der Waals surface area (Å²) in [5, 5.41) is 0. The van der Waals surface area contributed by atoms with E-state index in [1.165, 1.54) is 0 Å². The van der Waals surface area contributed by atoms with Crippen LogP contribution in [-0.4, -0.2) is 26.1 Å². The van der Waals surface area contributed by atoms with Gasteiger partial charge in [-0.2, -0.15) is 0 Å². The Morgan fingerprint density at radius 1 is 1.13 bits per heavy atom. The van der Waals surface area contributed by atoms with Gasteiger partial charge in [0.2, 0.25) is 5.75 Å². The summed E-state index contributed by atoms with van der Waals surface area (Å²) in [5.41, 5.74) is 3.53. The third-order valence-corrected chi connectivity index (χ3v) is 4.13. The maximum atomic E-state index is 12.5. The number of fused-ring (bicyclic) bond motifs is 2. The SMILES string of the molecule is COc1cc(/C=C2\Cc3ccccc3C2=O)cc2c1OCCO2. The summed E-state index contributed by atoms with van der Waals surface area (Å²) < 4.78 is 16.6.